The number of thiazole rings is 1. The van der Waals surface area contributed by atoms with Crippen molar-refractivity contribution in [2.45, 2.75) is 33.3 Å². The lowest BCUT2D eigenvalue weighted by Crippen LogP contribution is -2.39. The monoisotopic (exact) mass is 214 g/mol. The molecule has 0 aliphatic heterocycles. The van der Waals surface area contributed by atoms with Gasteiger partial charge in [0.1, 0.15) is 0 Å². The molecule has 2 atom stereocenters. The van der Waals surface area contributed by atoms with Gasteiger partial charge >= 0.3 is 0 Å². The molecule has 0 aromatic carbocycles. The minimum atomic E-state index is -0.406. The summed E-state index contributed by atoms with van der Waals surface area (Å²) in [5.74, 6) is 0. The van der Waals surface area contributed by atoms with Crippen LogP contribution in [0.4, 0.5) is 0 Å². The van der Waals surface area contributed by atoms with Crippen molar-refractivity contribution in [1.82, 2.24) is 4.98 Å². The summed E-state index contributed by atoms with van der Waals surface area (Å²) >= 11 is 1.63. The highest BCUT2D eigenvalue weighted by atomic mass is 32.1. The number of aliphatic hydroxyl groups is 1. The van der Waals surface area contributed by atoms with E-state index in [0.717, 1.165) is 17.1 Å². The lowest BCUT2D eigenvalue weighted by Gasteiger charge is -2.30. The molecule has 2 unspecified atom stereocenters. The van der Waals surface area contributed by atoms with Crippen molar-refractivity contribution in [2.24, 2.45) is 11.1 Å². The summed E-state index contributed by atoms with van der Waals surface area (Å²) in [5, 5.41) is 12.7. The Morgan fingerprint density at radius 3 is 2.71 bits per heavy atom. The molecule has 0 radical (unpaired) electrons. The number of nitrogens with zero attached hydrogens (tertiary/aromatic N) is 1. The van der Waals surface area contributed by atoms with Gasteiger partial charge in [-0.05, 0) is 13.8 Å². The van der Waals surface area contributed by atoms with Crippen LogP contribution in [0, 0.1) is 12.3 Å². The fourth-order valence-corrected chi connectivity index (χ4v) is 2.19. The number of nitrogens with two attached hydrogens (primary N) is 1. The molecule has 80 valence electrons. The van der Waals surface area contributed by atoms with Crippen LogP contribution < -0.4 is 5.73 Å². The first-order chi connectivity index (χ1) is 6.48. The summed E-state index contributed by atoms with van der Waals surface area (Å²) in [6.45, 7) is 6.23. The number of aliphatic hydroxyl groups excluding tert-OH is 1. The van der Waals surface area contributed by atoms with E-state index in [4.69, 9.17) is 5.73 Å². The highest BCUT2D eigenvalue weighted by Crippen LogP contribution is 2.26. The van der Waals surface area contributed by atoms with Crippen LogP contribution in [0.1, 0.15) is 24.5 Å². The average molecular weight is 214 g/mol. The second-order valence-corrected chi connectivity index (χ2v) is 5.04. The highest BCUT2D eigenvalue weighted by Gasteiger charge is 2.29. The zero-order chi connectivity index (χ0) is 10.8. The van der Waals surface area contributed by atoms with Gasteiger partial charge in [-0.3, -0.25) is 0 Å². The summed E-state index contributed by atoms with van der Waals surface area (Å²) in [6.07, 6.45) is 0.344. The lowest BCUT2D eigenvalue weighted by molar-refractivity contribution is 0.0588. The summed E-state index contributed by atoms with van der Waals surface area (Å²) in [7, 11) is 0. The quantitative estimate of drug-likeness (QED) is 0.795. The van der Waals surface area contributed by atoms with Gasteiger partial charge in [-0.15, -0.1) is 11.3 Å². The summed E-state index contributed by atoms with van der Waals surface area (Å²) in [4.78, 5) is 4.38. The Kier molecular flexibility index (Phi) is 3.64. The molecule has 1 aromatic heterocycles. The predicted octanol–water partition coefficient (Wildman–Crippen LogP) is 1.34. The van der Waals surface area contributed by atoms with Crippen molar-refractivity contribution in [2.75, 3.05) is 6.54 Å². The minimum Gasteiger partial charge on any atom is -0.393 e. The zero-order valence-corrected chi connectivity index (χ0v) is 9.77. The smallest absolute Gasteiger partial charge is 0.0935 e. The first-order valence-corrected chi connectivity index (χ1v) is 5.65. The molecule has 0 aliphatic carbocycles. The Labute approximate surface area is 89.0 Å². The van der Waals surface area contributed by atoms with Gasteiger partial charge in [0.15, 0.2) is 0 Å². The largest absolute Gasteiger partial charge is 0.393 e. The number of hydrogen-bond acceptors (Lipinski definition) is 4. The first kappa shape index (κ1) is 11.6. The first-order valence-electron chi connectivity index (χ1n) is 4.77. The highest BCUT2D eigenvalue weighted by molar-refractivity contribution is 7.09. The molecule has 0 saturated heterocycles. The van der Waals surface area contributed by atoms with Gasteiger partial charge in [-0.1, -0.05) is 6.92 Å². The molecule has 1 aromatic rings. The van der Waals surface area contributed by atoms with Crippen LogP contribution in [-0.4, -0.2) is 22.7 Å². The number of hydrogen-bond donors (Lipinski definition) is 2. The normalized spacial score (nSPS) is 17.8. The standard InChI is InChI=1S/C10H18N2OS/c1-7-5-14-9(12-7)4-10(3,6-11)8(2)13/h5,8,13H,4,6,11H2,1-3H3. The molecule has 3 nitrogen and oxygen atoms in total. The van der Waals surface area contributed by atoms with E-state index in [1.807, 2.05) is 19.2 Å². The van der Waals surface area contributed by atoms with Gasteiger partial charge in [0.2, 0.25) is 0 Å². The third-order valence-corrected chi connectivity index (χ3v) is 3.66. The molecule has 0 spiro atoms. The predicted molar refractivity (Wildman–Crippen MR) is 59.4 cm³/mol. The van der Waals surface area contributed by atoms with Crippen molar-refractivity contribution in [1.29, 1.82) is 0 Å². The minimum absolute atomic E-state index is 0.260. The maximum absolute atomic E-state index is 9.64. The molecule has 0 aliphatic rings. The SMILES string of the molecule is Cc1csc(CC(C)(CN)C(C)O)n1. The van der Waals surface area contributed by atoms with E-state index < -0.39 is 6.10 Å². The third kappa shape index (κ3) is 2.53. The Morgan fingerprint density at radius 2 is 2.36 bits per heavy atom. The average Bonchev–Trinajstić information content (AvgIpc) is 2.50. The van der Waals surface area contributed by atoms with Crippen LogP contribution in [0.5, 0.6) is 0 Å². The fourth-order valence-electron chi connectivity index (χ4n) is 1.22. The molecule has 3 N–H and O–H groups in total. The number of rotatable bonds is 4. The molecule has 0 saturated carbocycles. The van der Waals surface area contributed by atoms with Crippen LogP contribution in [-0.2, 0) is 6.42 Å². The maximum Gasteiger partial charge on any atom is 0.0935 e. The van der Waals surface area contributed by atoms with E-state index >= 15 is 0 Å². The van der Waals surface area contributed by atoms with E-state index in [9.17, 15) is 5.11 Å². The van der Waals surface area contributed by atoms with Crippen LogP contribution in [0.2, 0.25) is 0 Å². The fraction of sp³-hybridized carbons (Fsp3) is 0.700. The second kappa shape index (κ2) is 4.38. The van der Waals surface area contributed by atoms with Crippen LogP contribution >= 0.6 is 11.3 Å². The van der Waals surface area contributed by atoms with Gasteiger partial charge in [-0.2, -0.15) is 0 Å². The van der Waals surface area contributed by atoms with Crippen molar-refractivity contribution in [3.05, 3.63) is 16.1 Å². The van der Waals surface area contributed by atoms with Gasteiger partial charge in [0, 0.05) is 29.5 Å². The third-order valence-electron chi connectivity index (χ3n) is 2.70. The van der Waals surface area contributed by atoms with E-state index in [1.165, 1.54) is 0 Å². The van der Waals surface area contributed by atoms with E-state index in [-0.39, 0.29) is 5.41 Å². The molecule has 1 rings (SSSR count). The Morgan fingerprint density at radius 1 is 1.71 bits per heavy atom. The summed E-state index contributed by atoms with van der Waals surface area (Å²) < 4.78 is 0. The molecule has 0 amide bonds. The lowest BCUT2D eigenvalue weighted by atomic mass is 9.82. The van der Waals surface area contributed by atoms with E-state index in [2.05, 4.69) is 4.98 Å². The molecule has 0 bridgehead atoms. The molecular weight excluding hydrogens is 196 g/mol. The van der Waals surface area contributed by atoms with E-state index in [0.29, 0.717) is 6.54 Å². The maximum atomic E-state index is 9.64. The molecule has 0 fully saturated rings. The second-order valence-electron chi connectivity index (χ2n) is 4.09. The van der Waals surface area contributed by atoms with Crippen molar-refractivity contribution in [3.63, 3.8) is 0 Å². The van der Waals surface area contributed by atoms with Gasteiger partial charge in [0.25, 0.3) is 0 Å². The molecule has 1 heterocycles. The molecule has 4 heteroatoms. The topological polar surface area (TPSA) is 59.1 Å². The summed E-state index contributed by atoms with van der Waals surface area (Å²) in [5.41, 5.74) is 6.46. The van der Waals surface area contributed by atoms with E-state index in [1.54, 1.807) is 18.3 Å². The Bertz CT molecular complexity index is 298. The number of aromatic nitrogens is 1. The van der Waals surface area contributed by atoms with Crippen molar-refractivity contribution >= 4 is 11.3 Å². The van der Waals surface area contributed by atoms with Crippen LogP contribution in [0.25, 0.3) is 0 Å². The van der Waals surface area contributed by atoms with Gasteiger partial charge < -0.3 is 10.8 Å². The molecule has 14 heavy (non-hydrogen) atoms. The van der Waals surface area contributed by atoms with Crippen LogP contribution in [0.15, 0.2) is 5.38 Å². The summed E-state index contributed by atoms with van der Waals surface area (Å²) in [6, 6.07) is 0. The molecular formula is C10H18N2OS. The van der Waals surface area contributed by atoms with Gasteiger partial charge in [-0.25, -0.2) is 4.98 Å². The zero-order valence-electron chi connectivity index (χ0n) is 8.95. The van der Waals surface area contributed by atoms with Crippen LogP contribution in [0.3, 0.4) is 0 Å². The van der Waals surface area contributed by atoms with Gasteiger partial charge in [0.05, 0.1) is 11.1 Å². The number of aryl methyl sites for hydroxylation is 1. The Hall–Kier alpha value is -0.450. The van der Waals surface area contributed by atoms with Crippen molar-refractivity contribution in [3.8, 4) is 0 Å². The Balaban J connectivity index is 2.75. The van der Waals surface area contributed by atoms with Crippen molar-refractivity contribution < 1.29 is 5.11 Å².